The number of allylic oxidation sites excluding steroid dienone is 2. The van der Waals surface area contributed by atoms with E-state index in [-0.39, 0.29) is 12.0 Å². The van der Waals surface area contributed by atoms with Crippen LogP contribution in [0.2, 0.25) is 0 Å². The van der Waals surface area contributed by atoms with Gasteiger partial charge in [0.15, 0.2) is 0 Å². The van der Waals surface area contributed by atoms with Crippen LogP contribution in [0, 0.1) is 0 Å². The largest absolute Gasteiger partial charge is 0.484 e. The topological polar surface area (TPSA) is 28.9 Å². The van der Waals surface area contributed by atoms with Crippen LogP contribution in [-0.4, -0.2) is 6.10 Å². The highest BCUT2D eigenvalue weighted by atomic mass is 16.5. The molecule has 0 fully saturated rings. The van der Waals surface area contributed by atoms with Crippen LogP contribution in [0.1, 0.15) is 17.0 Å². The van der Waals surface area contributed by atoms with E-state index in [0.29, 0.717) is 0 Å². The van der Waals surface area contributed by atoms with Gasteiger partial charge in [-0.05, 0) is 107 Å². The number of para-hydroxylation sites is 5. The Balaban J connectivity index is 0.817. The lowest BCUT2D eigenvalue weighted by Crippen LogP contribution is -2.21. The van der Waals surface area contributed by atoms with Crippen LogP contribution in [0.25, 0.3) is 49.8 Å². The molecule has 12 rings (SSSR count). The Bertz CT molecular complexity index is 3330. The number of hydrogen-bond donors (Lipinski definition) is 0. The molecule has 0 saturated carbocycles. The van der Waals surface area contributed by atoms with E-state index in [1.54, 1.807) is 0 Å². The molecule has 2 unspecified atom stereocenters. The summed E-state index contributed by atoms with van der Waals surface area (Å²) in [4.78, 5) is 4.62. The van der Waals surface area contributed by atoms with Crippen molar-refractivity contribution in [2.24, 2.45) is 0 Å². The van der Waals surface area contributed by atoms with Crippen molar-refractivity contribution in [2.75, 3.05) is 9.80 Å². The van der Waals surface area contributed by atoms with E-state index in [4.69, 9.17) is 9.15 Å². The molecule has 64 heavy (non-hydrogen) atoms. The van der Waals surface area contributed by atoms with Crippen molar-refractivity contribution in [2.45, 2.75) is 12.0 Å². The number of ether oxygens (including phenoxy) is 1. The fourth-order valence-electron chi connectivity index (χ4n) is 9.55. The van der Waals surface area contributed by atoms with Crippen LogP contribution in [0.3, 0.4) is 0 Å². The second-order valence-corrected chi connectivity index (χ2v) is 16.4. The smallest absolute Gasteiger partial charge is 0.143 e. The fraction of sp³-hybridized carbons (Fsp3) is 0.0333. The summed E-state index contributed by atoms with van der Waals surface area (Å²) in [5.41, 5.74) is 16.5. The highest BCUT2D eigenvalue weighted by Gasteiger charge is 2.36. The van der Waals surface area contributed by atoms with E-state index < -0.39 is 0 Å². The van der Waals surface area contributed by atoms with Gasteiger partial charge in [0.1, 0.15) is 23.0 Å². The van der Waals surface area contributed by atoms with Gasteiger partial charge >= 0.3 is 0 Å². The number of furan rings is 1. The molecule has 0 N–H and O–H groups in total. The van der Waals surface area contributed by atoms with Crippen molar-refractivity contribution in [3.05, 3.63) is 254 Å². The number of nitrogens with zero attached hydrogens (tertiary/aromatic N) is 2. The summed E-state index contributed by atoms with van der Waals surface area (Å²) in [7, 11) is 0. The van der Waals surface area contributed by atoms with Crippen molar-refractivity contribution in [3.8, 4) is 28.0 Å². The van der Waals surface area contributed by atoms with Crippen LogP contribution in [0.15, 0.2) is 247 Å². The molecule has 0 amide bonds. The minimum absolute atomic E-state index is 0.0238. The number of anilines is 6. The number of hydrogen-bond acceptors (Lipinski definition) is 4. The molecule has 10 aromatic rings. The van der Waals surface area contributed by atoms with E-state index in [0.717, 1.165) is 84.1 Å². The van der Waals surface area contributed by atoms with Gasteiger partial charge in [0, 0.05) is 67.5 Å². The molecule has 0 spiro atoms. The molecule has 1 aliphatic carbocycles. The summed E-state index contributed by atoms with van der Waals surface area (Å²) in [6.07, 6.45) is 6.61. The zero-order valence-electron chi connectivity index (χ0n) is 35.0. The molecular weight excluding hydrogens is 781 g/mol. The quantitative estimate of drug-likeness (QED) is 0.145. The highest BCUT2D eigenvalue weighted by Crippen LogP contribution is 2.47. The van der Waals surface area contributed by atoms with Crippen molar-refractivity contribution in [1.82, 2.24) is 0 Å². The number of rotatable bonds is 9. The van der Waals surface area contributed by atoms with E-state index >= 15 is 0 Å². The van der Waals surface area contributed by atoms with Gasteiger partial charge in [0.2, 0.25) is 0 Å². The Morgan fingerprint density at radius 3 is 1.47 bits per heavy atom. The zero-order chi connectivity index (χ0) is 42.4. The maximum atomic E-state index is 6.50. The highest BCUT2D eigenvalue weighted by molar-refractivity contribution is 6.09. The van der Waals surface area contributed by atoms with Gasteiger partial charge in [0.25, 0.3) is 0 Å². The number of fused-ring (bicyclic) bond motifs is 6. The minimum atomic E-state index is -0.0238. The Kier molecular flexibility index (Phi) is 9.27. The Labute approximate surface area is 372 Å². The molecule has 0 saturated heterocycles. The molecule has 0 radical (unpaired) electrons. The first-order valence-electron chi connectivity index (χ1n) is 21.9. The van der Waals surface area contributed by atoms with Crippen LogP contribution in [0.4, 0.5) is 34.1 Å². The van der Waals surface area contributed by atoms with Crippen molar-refractivity contribution in [3.63, 3.8) is 0 Å². The van der Waals surface area contributed by atoms with Gasteiger partial charge in [0.05, 0.1) is 0 Å². The van der Waals surface area contributed by atoms with E-state index in [1.165, 1.54) is 16.7 Å². The van der Waals surface area contributed by atoms with Gasteiger partial charge in [-0.25, -0.2) is 0 Å². The summed E-state index contributed by atoms with van der Waals surface area (Å²) in [6, 6.07) is 79.6. The van der Waals surface area contributed by atoms with Gasteiger partial charge in [-0.3, -0.25) is 0 Å². The average Bonchev–Trinajstić information content (AvgIpc) is 3.95. The SMILES string of the molecule is C1=CC2c3ccccc3OC2C(c2ccc(N(c3ccccc3)c3ccc(-c4ccc(N(c5ccccc5)c5ccc(-c6cccc7c6oc6ccccc67)cc5)cc4)cc3)cc2)=C1. The molecule has 9 aromatic carbocycles. The van der Waals surface area contributed by atoms with Crippen LogP contribution >= 0.6 is 0 Å². The predicted molar refractivity (Wildman–Crippen MR) is 265 cm³/mol. The van der Waals surface area contributed by atoms with Crippen LogP contribution < -0.4 is 14.5 Å². The van der Waals surface area contributed by atoms with Crippen molar-refractivity contribution in [1.29, 1.82) is 0 Å². The lowest BCUT2D eigenvalue weighted by Gasteiger charge is -2.27. The molecular formula is C60H42N2O2. The molecule has 4 nitrogen and oxygen atoms in total. The first-order valence-corrected chi connectivity index (χ1v) is 21.9. The lowest BCUT2D eigenvalue weighted by atomic mass is 9.84. The fourth-order valence-corrected chi connectivity index (χ4v) is 9.55. The van der Waals surface area contributed by atoms with E-state index in [9.17, 15) is 0 Å². The van der Waals surface area contributed by atoms with E-state index in [1.807, 2.05) is 18.2 Å². The lowest BCUT2D eigenvalue weighted by molar-refractivity contribution is 0.278. The maximum absolute atomic E-state index is 6.50. The van der Waals surface area contributed by atoms with Gasteiger partial charge in [-0.2, -0.15) is 0 Å². The second kappa shape index (κ2) is 15.8. The third kappa shape index (κ3) is 6.64. The molecule has 304 valence electrons. The standard InChI is InChI=1S/C60H42N2O2/c1-3-13-45(14-4-1)61(49-37-29-43(30-38-49)51-19-11-21-55-53-17-7-9-23-57(53)63-59(51)55)47-33-25-41(26-34-47)42-27-35-48(36-28-42)62(46-15-5-2-6-16-46)50-39-31-44(32-40-50)52-20-12-22-56-54-18-8-10-24-58(54)64-60(52)56/h1-40,55,59H. The molecule has 2 atom stereocenters. The van der Waals surface area contributed by atoms with Gasteiger partial charge in [-0.15, -0.1) is 0 Å². The molecule has 2 aliphatic rings. The molecule has 1 aromatic heterocycles. The van der Waals surface area contributed by atoms with Crippen LogP contribution in [-0.2, 0) is 0 Å². The monoisotopic (exact) mass is 822 g/mol. The molecule has 1 aliphatic heterocycles. The Morgan fingerprint density at radius 1 is 0.375 bits per heavy atom. The average molecular weight is 823 g/mol. The summed E-state index contributed by atoms with van der Waals surface area (Å²) in [5.74, 6) is 1.20. The Morgan fingerprint density at radius 2 is 0.859 bits per heavy atom. The Hall–Kier alpha value is -8.34. The predicted octanol–water partition coefficient (Wildman–Crippen LogP) is 16.4. The third-order valence-electron chi connectivity index (χ3n) is 12.7. The molecule has 2 heterocycles. The second-order valence-electron chi connectivity index (χ2n) is 16.4. The molecule has 0 bridgehead atoms. The van der Waals surface area contributed by atoms with Gasteiger partial charge in [-0.1, -0.05) is 158 Å². The summed E-state index contributed by atoms with van der Waals surface area (Å²) < 4.78 is 12.9. The first-order chi connectivity index (χ1) is 31.7. The number of benzene rings is 9. The van der Waals surface area contributed by atoms with E-state index in [2.05, 4.69) is 234 Å². The van der Waals surface area contributed by atoms with Crippen LogP contribution in [0.5, 0.6) is 5.75 Å². The zero-order valence-corrected chi connectivity index (χ0v) is 35.0. The normalized spacial score (nSPS) is 15.0. The van der Waals surface area contributed by atoms with Crippen molar-refractivity contribution >= 4 is 61.6 Å². The summed E-state index contributed by atoms with van der Waals surface area (Å²) in [5, 5.41) is 2.27. The maximum Gasteiger partial charge on any atom is 0.143 e. The molecule has 4 heteroatoms. The van der Waals surface area contributed by atoms with Gasteiger partial charge < -0.3 is 19.0 Å². The minimum Gasteiger partial charge on any atom is -0.484 e. The first kappa shape index (κ1) is 37.4. The third-order valence-corrected chi connectivity index (χ3v) is 12.7. The summed E-state index contributed by atoms with van der Waals surface area (Å²) >= 11 is 0. The van der Waals surface area contributed by atoms with Crippen molar-refractivity contribution < 1.29 is 9.15 Å². The summed E-state index contributed by atoms with van der Waals surface area (Å²) in [6.45, 7) is 0.